The summed E-state index contributed by atoms with van der Waals surface area (Å²) in [7, 11) is 0. The number of hydrogen-bond donors (Lipinski definition) is 0. The highest BCUT2D eigenvalue weighted by Crippen LogP contribution is 2.34. The highest BCUT2D eigenvalue weighted by molar-refractivity contribution is 9.10. The van der Waals surface area contributed by atoms with Gasteiger partial charge in [0, 0.05) is 36.2 Å². The second-order valence-corrected chi connectivity index (χ2v) is 8.30. The number of rotatable bonds is 5. The monoisotopic (exact) mass is 438 g/mol. The first-order chi connectivity index (χ1) is 13.6. The Morgan fingerprint density at radius 1 is 0.857 bits per heavy atom. The Morgan fingerprint density at radius 2 is 1.50 bits per heavy atom. The van der Waals surface area contributed by atoms with Crippen LogP contribution in [0.25, 0.3) is 0 Å². The van der Waals surface area contributed by atoms with Gasteiger partial charge >= 0.3 is 0 Å². The zero-order valence-electron chi connectivity index (χ0n) is 16.0. The summed E-state index contributed by atoms with van der Waals surface area (Å²) in [5.74, 6) is -0.132. The molecule has 0 amide bonds. The molecule has 0 saturated carbocycles. The molecule has 1 atom stereocenters. The van der Waals surface area contributed by atoms with Crippen LogP contribution in [-0.2, 0) is 13.1 Å². The van der Waals surface area contributed by atoms with Gasteiger partial charge in [-0.3, -0.25) is 9.80 Å². The lowest BCUT2D eigenvalue weighted by atomic mass is 10.1. The van der Waals surface area contributed by atoms with E-state index in [1.54, 1.807) is 12.1 Å². The summed E-state index contributed by atoms with van der Waals surface area (Å²) in [5, 5.41) is 0. The Morgan fingerprint density at radius 3 is 2.18 bits per heavy atom. The molecule has 3 aromatic rings. The van der Waals surface area contributed by atoms with Crippen LogP contribution in [0.2, 0.25) is 0 Å². The van der Waals surface area contributed by atoms with E-state index in [-0.39, 0.29) is 12.0 Å². The number of hydrogen-bond acceptors (Lipinski definition) is 2. The Labute approximate surface area is 174 Å². The van der Waals surface area contributed by atoms with Gasteiger partial charge in [0.25, 0.3) is 0 Å². The average Bonchev–Trinajstić information content (AvgIpc) is 3.08. The Bertz CT molecular complexity index is 903. The lowest BCUT2D eigenvalue weighted by molar-refractivity contribution is 0.124. The molecule has 0 bridgehead atoms. The van der Waals surface area contributed by atoms with Crippen LogP contribution >= 0.6 is 15.9 Å². The maximum Gasteiger partial charge on any atom is 0.127 e. The summed E-state index contributed by atoms with van der Waals surface area (Å²) in [5.41, 5.74) is 4.63. The first kappa shape index (κ1) is 19.3. The van der Waals surface area contributed by atoms with Gasteiger partial charge in [-0.1, -0.05) is 70.5 Å². The van der Waals surface area contributed by atoms with Crippen LogP contribution in [0, 0.1) is 12.7 Å². The third kappa shape index (κ3) is 4.19. The normalized spacial score (nSPS) is 17.9. The van der Waals surface area contributed by atoms with E-state index in [9.17, 15) is 4.39 Å². The summed E-state index contributed by atoms with van der Waals surface area (Å²) in [6, 6.07) is 24.1. The van der Waals surface area contributed by atoms with E-state index in [0.29, 0.717) is 6.54 Å². The van der Waals surface area contributed by atoms with E-state index in [2.05, 4.69) is 75.1 Å². The van der Waals surface area contributed by atoms with Crippen LogP contribution in [-0.4, -0.2) is 22.9 Å². The molecule has 4 heteroatoms. The molecule has 0 unspecified atom stereocenters. The zero-order chi connectivity index (χ0) is 19.5. The third-order valence-electron chi connectivity index (χ3n) is 5.48. The molecule has 3 aromatic carbocycles. The molecule has 1 fully saturated rings. The lowest BCUT2D eigenvalue weighted by Crippen LogP contribution is -2.31. The molecule has 0 radical (unpaired) electrons. The number of aryl methyl sites for hydroxylation is 1. The van der Waals surface area contributed by atoms with Crippen molar-refractivity contribution < 1.29 is 4.39 Å². The molecule has 4 rings (SSSR count). The second kappa shape index (κ2) is 8.56. The van der Waals surface area contributed by atoms with E-state index in [4.69, 9.17) is 0 Å². The third-order valence-corrected chi connectivity index (χ3v) is 5.97. The summed E-state index contributed by atoms with van der Waals surface area (Å²) >= 11 is 3.61. The topological polar surface area (TPSA) is 6.48 Å². The van der Waals surface area contributed by atoms with E-state index in [1.165, 1.54) is 16.7 Å². The first-order valence-electron chi connectivity index (χ1n) is 9.63. The highest BCUT2D eigenvalue weighted by atomic mass is 79.9. The van der Waals surface area contributed by atoms with Gasteiger partial charge in [0.05, 0.1) is 6.17 Å². The standard InChI is InChI=1S/C24H24BrFN2/c1-18-7-2-3-8-20(18)16-27-13-14-28(17-21-9-4-5-12-23(21)26)24(27)19-10-6-11-22(25)15-19/h2-12,15,24H,13-14,16-17H2,1H3/t24-/m0/s1. The highest BCUT2D eigenvalue weighted by Gasteiger charge is 2.33. The van der Waals surface area contributed by atoms with Crippen LogP contribution < -0.4 is 0 Å². The molecule has 1 aliphatic rings. The molecular weight excluding hydrogens is 415 g/mol. The van der Waals surface area contributed by atoms with E-state index in [0.717, 1.165) is 29.7 Å². The van der Waals surface area contributed by atoms with Gasteiger partial charge in [0.1, 0.15) is 5.82 Å². The maximum atomic E-state index is 14.3. The minimum absolute atomic E-state index is 0.122. The first-order valence-corrected chi connectivity index (χ1v) is 10.4. The molecule has 0 spiro atoms. The van der Waals surface area contributed by atoms with Gasteiger partial charge in [-0.25, -0.2) is 4.39 Å². The van der Waals surface area contributed by atoms with Crippen molar-refractivity contribution in [3.05, 3.63) is 105 Å². The molecule has 1 heterocycles. The summed E-state index contributed by atoms with van der Waals surface area (Å²) in [6.45, 7) is 5.53. The predicted octanol–water partition coefficient (Wildman–Crippen LogP) is 5.91. The fourth-order valence-corrected chi connectivity index (χ4v) is 4.42. The fraction of sp³-hybridized carbons (Fsp3) is 0.250. The van der Waals surface area contributed by atoms with Crippen LogP contribution in [0.5, 0.6) is 0 Å². The molecule has 0 aliphatic carbocycles. The fourth-order valence-electron chi connectivity index (χ4n) is 4.00. The summed E-state index contributed by atoms with van der Waals surface area (Å²) < 4.78 is 15.4. The Balaban J connectivity index is 1.65. The molecule has 0 aromatic heterocycles. The molecule has 1 saturated heterocycles. The van der Waals surface area contributed by atoms with Crippen molar-refractivity contribution in [1.29, 1.82) is 0 Å². The largest absolute Gasteiger partial charge is 0.278 e. The van der Waals surface area contributed by atoms with Crippen molar-refractivity contribution in [3.63, 3.8) is 0 Å². The van der Waals surface area contributed by atoms with Gasteiger partial charge in [-0.15, -0.1) is 0 Å². The smallest absolute Gasteiger partial charge is 0.127 e. The van der Waals surface area contributed by atoms with Crippen molar-refractivity contribution in [2.45, 2.75) is 26.2 Å². The van der Waals surface area contributed by atoms with E-state index >= 15 is 0 Å². The molecule has 28 heavy (non-hydrogen) atoms. The van der Waals surface area contributed by atoms with E-state index < -0.39 is 0 Å². The number of halogens is 2. The van der Waals surface area contributed by atoms with Crippen LogP contribution in [0.15, 0.2) is 77.3 Å². The average molecular weight is 439 g/mol. The van der Waals surface area contributed by atoms with Crippen molar-refractivity contribution in [2.24, 2.45) is 0 Å². The number of benzene rings is 3. The van der Waals surface area contributed by atoms with Gasteiger partial charge in [-0.05, 0) is 41.8 Å². The van der Waals surface area contributed by atoms with Gasteiger partial charge in [0.15, 0.2) is 0 Å². The number of nitrogens with zero attached hydrogens (tertiary/aromatic N) is 2. The summed E-state index contributed by atoms with van der Waals surface area (Å²) in [6.07, 6.45) is 0.122. The zero-order valence-corrected chi connectivity index (χ0v) is 17.6. The summed E-state index contributed by atoms with van der Waals surface area (Å²) in [4.78, 5) is 4.86. The molecule has 2 nitrogen and oxygen atoms in total. The lowest BCUT2D eigenvalue weighted by Gasteiger charge is -2.31. The molecule has 1 aliphatic heterocycles. The van der Waals surface area contributed by atoms with Gasteiger partial charge < -0.3 is 0 Å². The predicted molar refractivity (Wildman–Crippen MR) is 115 cm³/mol. The second-order valence-electron chi connectivity index (χ2n) is 7.39. The van der Waals surface area contributed by atoms with Crippen molar-refractivity contribution in [1.82, 2.24) is 9.80 Å². The van der Waals surface area contributed by atoms with E-state index in [1.807, 2.05) is 18.2 Å². The quantitative estimate of drug-likeness (QED) is 0.488. The van der Waals surface area contributed by atoms with Gasteiger partial charge in [-0.2, -0.15) is 0 Å². The van der Waals surface area contributed by atoms with Crippen LogP contribution in [0.3, 0.4) is 0 Å². The molecule has 0 N–H and O–H groups in total. The minimum atomic E-state index is -0.132. The van der Waals surface area contributed by atoms with Crippen molar-refractivity contribution >= 4 is 15.9 Å². The Hall–Kier alpha value is -2.01. The molecular formula is C24H24BrFN2. The minimum Gasteiger partial charge on any atom is -0.278 e. The SMILES string of the molecule is Cc1ccccc1CN1CCN(Cc2ccccc2F)[C@H]1c1cccc(Br)c1. The van der Waals surface area contributed by atoms with Crippen LogP contribution in [0.1, 0.15) is 28.4 Å². The van der Waals surface area contributed by atoms with Crippen molar-refractivity contribution in [3.8, 4) is 0 Å². The molecule has 144 valence electrons. The Kier molecular flexibility index (Phi) is 5.90. The van der Waals surface area contributed by atoms with Crippen LogP contribution in [0.4, 0.5) is 4.39 Å². The maximum absolute atomic E-state index is 14.3. The van der Waals surface area contributed by atoms with Gasteiger partial charge in [0.2, 0.25) is 0 Å². The van der Waals surface area contributed by atoms with Crippen molar-refractivity contribution in [2.75, 3.05) is 13.1 Å².